The highest BCUT2D eigenvalue weighted by Crippen LogP contribution is 2.27. The van der Waals surface area contributed by atoms with Gasteiger partial charge in [-0.15, -0.1) is 0 Å². The number of likely N-dealkylation sites (tertiary alicyclic amines) is 1. The minimum absolute atomic E-state index is 0.192. The van der Waals surface area contributed by atoms with Crippen molar-refractivity contribution in [2.45, 2.75) is 25.3 Å². The Morgan fingerprint density at radius 1 is 1.32 bits per heavy atom. The molecule has 1 heterocycles. The van der Waals surface area contributed by atoms with Crippen LogP contribution in [-0.2, 0) is 0 Å². The van der Waals surface area contributed by atoms with Crippen molar-refractivity contribution >= 4 is 0 Å². The summed E-state index contributed by atoms with van der Waals surface area (Å²) in [5.74, 6) is 1.37. The average Bonchev–Trinajstić information content (AvgIpc) is 2.40. The Kier molecular flexibility index (Phi) is 5.19. The molecular weight excluding hydrogens is 240 g/mol. The van der Waals surface area contributed by atoms with Crippen molar-refractivity contribution in [2.75, 3.05) is 32.8 Å². The molecule has 1 aliphatic rings. The summed E-state index contributed by atoms with van der Waals surface area (Å²) < 4.78 is 5.46. The molecule has 2 unspecified atom stereocenters. The van der Waals surface area contributed by atoms with Gasteiger partial charge in [0.2, 0.25) is 0 Å². The molecule has 2 rings (SSSR count). The van der Waals surface area contributed by atoms with Gasteiger partial charge in [-0.1, -0.05) is 12.1 Å². The van der Waals surface area contributed by atoms with Crippen LogP contribution in [0.2, 0.25) is 0 Å². The summed E-state index contributed by atoms with van der Waals surface area (Å²) in [5, 5.41) is 9.06. The number of aliphatic hydroxyl groups excluding tert-OH is 1. The van der Waals surface area contributed by atoms with Crippen LogP contribution < -0.4 is 10.5 Å². The van der Waals surface area contributed by atoms with E-state index in [0.717, 1.165) is 25.3 Å². The maximum atomic E-state index is 9.06. The van der Waals surface area contributed by atoms with Gasteiger partial charge in [-0.3, -0.25) is 4.90 Å². The molecule has 4 nitrogen and oxygen atoms in total. The molecule has 0 saturated carbocycles. The monoisotopic (exact) mass is 264 g/mol. The molecule has 19 heavy (non-hydrogen) atoms. The number of rotatable bonds is 5. The topological polar surface area (TPSA) is 58.7 Å². The molecule has 4 heteroatoms. The standard InChI is InChI=1S/C15H24N2O2/c1-2-19-15-5-3-12(4-6-15)13-9-14(16)11-17(10-13)7-8-18/h3-6,13-14,18H,2,7-11,16H2,1H3. The molecule has 1 aromatic rings. The van der Waals surface area contributed by atoms with Gasteiger partial charge in [-0.05, 0) is 37.0 Å². The number of hydrogen-bond acceptors (Lipinski definition) is 4. The number of piperidine rings is 1. The first-order valence-electron chi connectivity index (χ1n) is 7.04. The van der Waals surface area contributed by atoms with Crippen LogP contribution in [0.3, 0.4) is 0 Å². The Morgan fingerprint density at radius 3 is 2.68 bits per heavy atom. The summed E-state index contributed by atoms with van der Waals surface area (Å²) in [5.41, 5.74) is 7.42. The molecule has 1 aromatic carbocycles. The van der Waals surface area contributed by atoms with Gasteiger partial charge >= 0.3 is 0 Å². The number of nitrogens with zero attached hydrogens (tertiary/aromatic N) is 1. The van der Waals surface area contributed by atoms with Crippen LogP contribution in [0.5, 0.6) is 5.75 Å². The van der Waals surface area contributed by atoms with Crippen molar-refractivity contribution in [3.05, 3.63) is 29.8 Å². The van der Waals surface area contributed by atoms with Gasteiger partial charge in [-0.25, -0.2) is 0 Å². The second-order valence-electron chi connectivity index (χ2n) is 5.18. The minimum Gasteiger partial charge on any atom is -0.494 e. The molecule has 2 atom stereocenters. The van der Waals surface area contributed by atoms with E-state index >= 15 is 0 Å². The summed E-state index contributed by atoms with van der Waals surface area (Å²) in [6.45, 7) is 5.44. The van der Waals surface area contributed by atoms with Gasteiger partial charge in [0, 0.05) is 25.7 Å². The van der Waals surface area contributed by atoms with Crippen LogP contribution in [0.15, 0.2) is 24.3 Å². The molecular formula is C15H24N2O2. The third-order valence-electron chi connectivity index (χ3n) is 3.64. The minimum atomic E-state index is 0.192. The van der Waals surface area contributed by atoms with Gasteiger partial charge < -0.3 is 15.6 Å². The molecule has 1 fully saturated rings. The van der Waals surface area contributed by atoms with Gasteiger partial charge in [0.25, 0.3) is 0 Å². The lowest BCUT2D eigenvalue weighted by atomic mass is 9.88. The highest BCUT2D eigenvalue weighted by molar-refractivity contribution is 5.30. The zero-order valence-corrected chi connectivity index (χ0v) is 11.6. The quantitative estimate of drug-likeness (QED) is 0.839. The van der Waals surface area contributed by atoms with E-state index in [1.807, 2.05) is 19.1 Å². The lowest BCUT2D eigenvalue weighted by Gasteiger charge is -2.36. The van der Waals surface area contributed by atoms with Crippen molar-refractivity contribution in [1.29, 1.82) is 0 Å². The smallest absolute Gasteiger partial charge is 0.119 e. The summed E-state index contributed by atoms with van der Waals surface area (Å²) in [6, 6.07) is 8.50. The number of ether oxygens (including phenoxy) is 1. The molecule has 0 aliphatic carbocycles. The molecule has 106 valence electrons. The summed E-state index contributed by atoms with van der Waals surface area (Å²) in [4.78, 5) is 2.25. The van der Waals surface area contributed by atoms with E-state index in [0.29, 0.717) is 19.1 Å². The van der Waals surface area contributed by atoms with Gasteiger partial charge in [-0.2, -0.15) is 0 Å². The molecule has 3 N–H and O–H groups in total. The number of nitrogens with two attached hydrogens (primary N) is 1. The highest BCUT2D eigenvalue weighted by atomic mass is 16.5. The lowest BCUT2D eigenvalue weighted by molar-refractivity contribution is 0.149. The number of aliphatic hydroxyl groups is 1. The Hall–Kier alpha value is -1.10. The zero-order chi connectivity index (χ0) is 13.7. The normalized spacial score (nSPS) is 24.4. The fraction of sp³-hybridized carbons (Fsp3) is 0.600. The third-order valence-corrected chi connectivity index (χ3v) is 3.64. The maximum absolute atomic E-state index is 9.06. The first-order chi connectivity index (χ1) is 9.22. The zero-order valence-electron chi connectivity index (χ0n) is 11.6. The average molecular weight is 264 g/mol. The second-order valence-corrected chi connectivity index (χ2v) is 5.18. The van der Waals surface area contributed by atoms with Crippen molar-refractivity contribution < 1.29 is 9.84 Å². The number of benzene rings is 1. The predicted octanol–water partition coefficient (Wildman–Crippen LogP) is 1.19. The van der Waals surface area contributed by atoms with E-state index in [1.165, 1.54) is 5.56 Å². The van der Waals surface area contributed by atoms with Crippen LogP contribution in [0.25, 0.3) is 0 Å². The van der Waals surface area contributed by atoms with Crippen LogP contribution in [0.1, 0.15) is 24.8 Å². The Morgan fingerprint density at radius 2 is 2.05 bits per heavy atom. The number of β-amino-alcohol motifs (C(OH)–C–C–N with tert-alkyl or cyclic N) is 1. The van der Waals surface area contributed by atoms with Crippen LogP contribution >= 0.6 is 0 Å². The highest BCUT2D eigenvalue weighted by Gasteiger charge is 2.25. The Labute approximate surface area is 115 Å². The summed E-state index contributed by atoms with van der Waals surface area (Å²) >= 11 is 0. The van der Waals surface area contributed by atoms with Crippen LogP contribution in [-0.4, -0.2) is 48.9 Å². The van der Waals surface area contributed by atoms with E-state index in [9.17, 15) is 0 Å². The number of hydrogen-bond donors (Lipinski definition) is 2. The van der Waals surface area contributed by atoms with Crippen LogP contribution in [0, 0.1) is 0 Å². The largest absolute Gasteiger partial charge is 0.494 e. The van der Waals surface area contributed by atoms with Crippen molar-refractivity contribution in [3.8, 4) is 5.75 Å². The van der Waals surface area contributed by atoms with Gasteiger partial charge in [0.1, 0.15) is 5.75 Å². The van der Waals surface area contributed by atoms with Crippen LogP contribution in [0.4, 0.5) is 0 Å². The predicted molar refractivity (Wildman–Crippen MR) is 76.5 cm³/mol. The first kappa shape index (κ1) is 14.3. The van der Waals surface area contributed by atoms with E-state index in [2.05, 4.69) is 17.0 Å². The van der Waals surface area contributed by atoms with Gasteiger partial charge in [0.05, 0.1) is 13.2 Å². The second kappa shape index (κ2) is 6.89. The Bertz CT molecular complexity index is 380. The molecule has 0 aromatic heterocycles. The van der Waals surface area contributed by atoms with Crippen molar-refractivity contribution in [1.82, 2.24) is 4.90 Å². The summed E-state index contributed by atoms with van der Waals surface area (Å²) in [7, 11) is 0. The third kappa shape index (κ3) is 3.93. The fourth-order valence-corrected chi connectivity index (χ4v) is 2.80. The van der Waals surface area contributed by atoms with E-state index in [4.69, 9.17) is 15.6 Å². The SMILES string of the molecule is CCOc1ccc(C2CC(N)CN(CCO)C2)cc1. The van der Waals surface area contributed by atoms with Gasteiger partial charge in [0.15, 0.2) is 0 Å². The molecule has 0 radical (unpaired) electrons. The molecule has 0 bridgehead atoms. The molecule has 0 spiro atoms. The lowest BCUT2D eigenvalue weighted by Crippen LogP contribution is -2.47. The molecule has 1 saturated heterocycles. The maximum Gasteiger partial charge on any atom is 0.119 e. The fourth-order valence-electron chi connectivity index (χ4n) is 2.80. The van der Waals surface area contributed by atoms with E-state index in [-0.39, 0.29) is 12.6 Å². The van der Waals surface area contributed by atoms with Crippen molar-refractivity contribution in [2.24, 2.45) is 5.73 Å². The van der Waals surface area contributed by atoms with Crippen molar-refractivity contribution in [3.63, 3.8) is 0 Å². The van der Waals surface area contributed by atoms with E-state index < -0.39 is 0 Å². The Balaban J connectivity index is 2.03. The molecule has 1 aliphatic heterocycles. The van der Waals surface area contributed by atoms with E-state index in [1.54, 1.807) is 0 Å². The molecule has 0 amide bonds. The first-order valence-corrected chi connectivity index (χ1v) is 7.04. The summed E-state index contributed by atoms with van der Waals surface area (Å²) in [6.07, 6.45) is 1.01.